The van der Waals surface area contributed by atoms with Crippen LogP contribution in [-0.4, -0.2) is 24.1 Å². The Bertz CT molecular complexity index is 354. The molecule has 1 N–H and O–H groups in total. The van der Waals surface area contributed by atoms with Gasteiger partial charge in [0.2, 0.25) is 0 Å². The Morgan fingerprint density at radius 3 is 2.93 bits per heavy atom. The molecule has 0 amide bonds. The first-order valence-corrected chi connectivity index (χ1v) is 5.27. The van der Waals surface area contributed by atoms with Crippen molar-refractivity contribution < 1.29 is 14.6 Å². The largest absolute Gasteiger partial charge is 0.498 e. The van der Waals surface area contributed by atoms with Gasteiger partial charge in [-0.2, -0.15) is 0 Å². The zero-order chi connectivity index (χ0) is 11.1. The van der Waals surface area contributed by atoms with E-state index >= 15 is 0 Å². The number of hydrogen-bond acceptors (Lipinski definition) is 3. The monoisotopic (exact) mass is 208 g/mol. The van der Waals surface area contributed by atoms with Crippen molar-refractivity contribution >= 4 is 5.78 Å². The summed E-state index contributed by atoms with van der Waals surface area (Å²) in [5, 5.41) is 9.73. The fourth-order valence-electron chi connectivity index (χ4n) is 2.39. The third kappa shape index (κ3) is 1.51. The van der Waals surface area contributed by atoms with Crippen LogP contribution in [0.2, 0.25) is 0 Å². The lowest BCUT2D eigenvalue weighted by molar-refractivity contribution is -0.125. The Morgan fingerprint density at radius 2 is 2.27 bits per heavy atom. The lowest BCUT2D eigenvalue weighted by Gasteiger charge is -2.36. The number of Topliss-reactive ketones (excluding diaryl/α,β-unsaturated/α-hetero) is 1. The van der Waals surface area contributed by atoms with Crippen molar-refractivity contribution in [3.63, 3.8) is 0 Å². The molecule has 3 heteroatoms. The van der Waals surface area contributed by atoms with Gasteiger partial charge in [-0.05, 0) is 31.9 Å². The van der Waals surface area contributed by atoms with Gasteiger partial charge in [0.05, 0.1) is 12.5 Å². The molecule has 0 heterocycles. The second kappa shape index (κ2) is 3.49. The van der Waals surface area contributed by atoms with Gasteiger partial charge in [0.15, 0.2) is 0 Å². The topological polar surface area (TPSA) is 46.5 Å². The molecule has 0 aromatic heterocycles. The second-order valence-electron chi connectivity index (χ2n) is 4.37. The number of ketones is 1. The molecule has 0 saturated heterocycles. The fourth-order valence-corrected chi connectivity index (χ4v) is 2.39. The Kier molecular flexibility index (Phi) is 2.43. The molecule has 0 spiro atoms. The van der Waals surface area contributed by atoms with Crippen molar-refractivity contribution in [3.8, 4) is 0 Å². The number of allylic oxidation sites excluding steroid dienone is 2. The van der Waals surface area contributed by atoms with E-state index in [1.54, 1.807) is 12.2 Å². The van der Waals surface area contributed by atoms with Gasteiger partial charge in [-0.25, -0.2) is 0 Å². The minimum absolute atomic E-state index is 0.224. The molecule has 2 atom stereocenters. The van der Waals surface area contributed by atoms with Crippen molar-refractivity contribution in [1.82, 2.24) is 0 Å². The molecule has 1 saturated carbocycles. The summed E-state index contributed by atoms with van der Waals surface area (Å²) in [7, 11) is 1.52. The number of ether oxygens (including phenoxy) is 1. The average molecular weight is 208 g/mol. The van der Waals surface area contributed by atoms with Crippen LogP contribution in [0.5, 0.6) is 0 Å². The highest BCUT2D eigenvalue weighted by Gasteiger charge is 2.41. The fraction of sp³-hybridized carbons (Fsp3) is 0.583. The van der Waals surface area contributed by atoms with Gasteiger partial charge in [0.1, 0.15) is 17.6 Å². The molecule has 2 rings (SSSR count). The molecule has 3 nitrogen and oxygen atoms in total. The smallest absolute Gasteiger partial charge is 0.146 e. The molecule has 0 aromatic rings. The van der Waals surface area contributed by atoms with Crippen LogP contribution in [0.25, 0.3) is 0 Å². The number of aliphatic hydroxyl groups excluding tert-OH is 1. The molecule has 0 aromatic carbocycles. The molecule has 2 aliphatic carbocycles. The zero-order valence-electron chi connectivity index (χ0n) is 9.12. The van der Waals surface area contributed by atoms with Crippen LogP contribution in [-0.2, 0) is 9.53 Å². The number of rotatable bonds is 1. The van der Waals surface area contributed by atoms with Gasteiger partial charge in [-0.3, -0.25) is 4.79 Å². The van der Waals surface area contributed by atoms with Crippen molar-refractivity contribution in [2.24, 2.45) is 5.41 Å². The van der Waals surface area contributed by atoms with Crippen LogP contribution >= 0.6 is 0 Å². The zero-order valence-corrected chi connectivity index (χ0v) is 9.12. The van der Waals surface area contributed by atoms with Gasteiger partial charge >= 0.3 is 0 Å². The first kappa shape index (κ1) is 10.4. The van der Waals surface area contributed by atoms with E-state index in [9.17, 15) is 9.90 Å². The predicted molar refractivity (Wildman–Crippen MR) is 56.1 cm³/mol. The second-order valence-corrected chi connectivity index (χ2v) is 4.37. The van der Waals surface area contributed by atoms with Crippen molar-refractivity contribution in [2.75, 3.05) is 7.11 Å². The van der Waals surface area contributed by atoms with Gasteiger partial charge < -0.3 is 9.84 Å². The Morgan fingerprint density at radius 1 is 1.53 bits per heavy atom. The Balaban J connectivity index is 2.42. The van der Waals surface area contributed by atoms with E-state index in [2.05, 4.69) is 0 Å². The summed E-state index contributed by atoms with van der Waals surface area (Å²) < 4.78 is 5.08. The highest BCUT2D eigenvalue weighted by Crippen LogP contribution is 2.43. The van der Waals surface area contributed by atoms with E-state index in [4.69, 9.17) is 4.74 Å². The molecule has 0 unspecified atom stereocenters. The number of carbonyl (C=O) groups excluding carboxylic acids is 1. The number of aliphatic hydroxyl groups is 1. The average Bonchev–Trinajstić information content (AvgIpc) is 2.21. The Hall–Kier alpha value is -1.09. The highest BCUT2D eigenvalue weighted by molar-refractivity contribution is 5.91. The number of methoxy groups -OCH3 is 1. The minimum Gasteiger partial charge on any atom is -0.498 e. The molecule has 15 heavy (non-hydrogen) atoms. The van der Waals surface area contributed by atoms with Gasteiger partial charge in [0.25, 0.3) is 0 Å². The Labute approximate surface area is 89.4 Å². The van der Waals surface area contributed by atoms with E-state index < -0.39 is 11.5 Å². The van der Waals surface area contributed by atoms with Crippen molar-refractivity contribution in [1.29, 1.82) is 0 Å². The SMILES string of the molecule is COC1=C[C@]2(C)C(=O)CCCC2=C[C@H]1O. The lowest BCUT2D eigenvalue weighted by atomic mass is 9.68. The molecule has 2 aliphatic rings. The van der Waals surface area contributed by atoms with Crippen molar-refractivity contribution in [2.45, 2.75) is 32.3 Å². The van der Waals surface area contributed by atoms with Crippen LogP contribution < -0.4 is 0 Å². The van der Waals surface area contributed by atoms with Gasteiger partial charge in [-0.15, -0.1) is 0 Å². The molecule has 82 valence electrons. The lowest BCUT2D eigenvalue weighted by Crippen LogP contribution is -2.36. The van der Waals surface area contributed by atoms with E-state index in [0.717, 1.165) is 18.4 Å². The van der Waals surface area contributed by atoms with E-state index in [1.807, 2.05) is 6.92 Å². The van der Waals surface area contributed by atoms with Gasteiger partial charge in [0, 0.05) is 6.42 Å². The first-order valence-electron chi connectivity index (χ1n) is 5.27. The summed E-state index contributed by atoms with van der Waals surface area (Å²) >= 11 is 0. The van der Waals surface area contributed by atoms with Crippen LogP contribution in [0, 0.1) is 5.41 Å². The summed E-state index contributed by atoms with van der Waals surface area (Å²) in [6.07, 6.45) is 5.25. The summed E-state index contributed by atoms with van der Waals surface area (Å²) in [6.45, 7) is 1.91. The number of fused-ring (bicyclic) bond motifs is 1. The van der Waals surface area contributed by atoms with Crippen molar-refractivity contribution in [3.05, 3.63) is 23.5 Å². The molecule has 1 fully saturated rings. The van der Waals surface area contributed by atoms with E-state index in [0.29, 0.717) is 12.2 Å². The van der Waals surface area contributed by atoms with E-state index in [1.165, 1.54) is 7.11 Å². The van der Waals surface area contributed by atoms with Crippen LogP contribution in [0.4, 0.5) is 0 Å². The maximum Gasteiger partial charge on any atom is 0.146 e. The predicted octanol–water partition coefficient (Wildman–Crippen LogP) is 1.58. The number of hydrogen-bond donors (Lipinski definition) is 1. The van der Waals surface area contributed by atoms with E-state index in [-0.39, 0.29) is 5.78 Å². The van der Waals surface area contributed by atoms with Crippen LogP contribution in [0.1, 0.15) is 26.2 Å². The van der Waals surface area contributed by atoms with Crippen LogP contribution in [0.3, 0.4) is 0 Å². The maximum absolute atomic E-state index is 11.9. The van der Waals surface area contributed by atoms with Crippen LogP contribution in [0.15, 0.2) is 23.5 Å². The third-order valence-corrected chi connectivity index (χ3v) is 3.41. The quantitative estimate of drug-likeness (QED) is 0.665. The first-order chi connectivity index (χ1) is 7.08. The molecule has 0 aliphatic heterocycles. The summed E-state index contributed by atoms with van der Waals surface area (Å²) in [5.74, 6) is 0.706. The summed E-state index contributed by atoms with van der Waals surface area (Å²) in [5.41, 5.74) is 0.495. The summed E-state index contributed by atoms with van der Waals surface area (Å²) in [6, 6.07) is 0. The summed E-state index contributed by atoms with van der Waals surface area (Å²) in [4.78, 5) is 11.9. The van der Waals surface area contributed by atoms with Gasteiger partial charge in [-0.1, -0.05) is 5.57 Å². The maximum atomic E-state index is 11.9. The number of carbonyl (C=O) groups is 1. The highest BCUT2D eigenvalue weighted by atomic mass is 16.5. The minimum atomic E-state index is -0.691. The molecular formula is C12H16O3. The molecule has 0 radical (unpaired) electrons. The third-order valence-electron chi connectivity index (χ3n) is 3.41. The molecule has 0 bridgehead atoms. The molecular weight excluding hydrogens is 192 g/mol. The normalized spacial score (nSPS) is 35.4. The standard InChI is InChI=1S/C12H16O3/c1-12-7-10(15-2)9(13)6-8(12)4-3-5-11(12)14/h6-7,9,13H,3-5H2,1-2H3/t9-,12+/m1/s1.